The first kappa shape index (κ1) is 15.7. The van der Waals surface area contributed by atoms with Crippen LogP contribution in [0.5, 0.6) is 0 Å². The lowest BCUT2D eigenvalue weighted by molar-refractivity contribution is 0.124. The number of aliphatic hydroxyl groups is 1. The first-order chi connectivity index (χ1) is 9.45. The van der Waals surface area contributed by atoms with E-state index in [4.69, 9.17) is 23.2 Å². The average Bonchev–Trinajstić information content (AvgIpc) is 2.77. The third kappa shape index (κ3) is 4.17. The van der Waals surface area contributed by atoms with Gasteiger partial charge in [-0.2, -0.15) is 0 Å². The monoisotopic (exact) mass is 330 g/mol. The van der Waals surface area contributed by atoms with Crippen molar-refractivity contribution in [3.63, 3.8) is 0 Å². The van der Waals surface area contributed by atoms with Crippen LogP contribution in [0.4, 0.5) is 0 Å². The van der Waals surface area contributed by atoms with E-state index in [2.05, 4.69) is 4.98 Å². The zero-order chi connectivity index (χ0) is 14.7. The van der Waals surface area contributed by atoms with Crippen LogP contribution in [0.1, 0.15) is 21.6 Å². The van der Waals surface area contributed by atoms with Gasteiger partial charge < -0.3 is 5.11 Å². The third-order valence-corrected chi connectivity index (χ3v) is 4.37. The number of nitrogens with zero attached hydrogens (tertiary/aromatic N) is 2. The quantitative estimate of drug-likeness (QED) is 0.902. The normalized spacial score (nSPS) is 12.9. The summed E-state index contributed by atoms with van der Waals surface area (Å²) in [4.78, 5) is 7.44. The SMILES string of the molecule is Cc1ncc(CN(C)CC(O)c2cc(Cl)ccc2Cl)s1. The lowest BCUT2D eigenvalue weighted by Crippen LogP contribution is -2.24. The van der Waals surface area contributed by atoms with Crippen LogP contribution in [0.25, 0.3) is 0 Å². The summed E-state index contributed by atoms with van der Waals surface area (Å²) in [6, 6.07) is 5.12. The molecule has 0 spiro atoms. The highest BCUT2D eigenvalue weighted by molar-refractivity contribution is 7.11. The van der Waals surface area contributed by atoms with Crippen LogP contribution in [0.2, 0.25) is 10.0 Å². The molecule has 0 amide bonds. The molecule has 1 atom stereocenters. The Hall–Kier alpha value is -0.650. The molecule has 0 fully saturated rings. The Labute approximate surface area is 132 Å². The summed E-state index contributed by atoms with van der Waals surface area (Å²) in [6.45, 7) is 3.21. The molecule has 2 aromatic rings. The van der Waals surface area contributed by atoms with Gasteiger partial charge in [-0.1, -0.05) is 23.2 Å². The van der Waals surface area contributed by atoms with Gasteiger partial charge in [-0.15, -0.1) is 11.3 Å². The Morgan fingerprint density at radius 3 is 2.80 bits per heavy atom. The molecular formula is C14H16Cl2N2OS. The van der Waals surface area contributed by atoms with E-state index < -0.39 is 6.10 Å². The Kier molecular flexibility index (Phi) is 5.41. The minimum Gasteiger partial charge on any atom is -0.387 e. The Morgan fingerprint density at radius 1 is 1.40 bits per heavy atom. The summed E-state index contributed by atoms with van der Waals surface area (Å²) in [6.07, 6.45) is 1.20. The number of rotatable bonds is 5. The molecule has 0 radical (unpaired) electrons. The number of hydrogen-bond donors (Lipinski definition) is 1. The molecule has 108 valence electrons. The number of benzene rings is 1. The Balaban J connectivity index is 1.99. The van der Waals surface area contributed by atoms with Gasteiger partial charge in [-0.05, 0) is 32.2 Å². The van der Waals surface area contributed by atoms with Gasteiger partial charge in [0.15, 0.2) is 0 Å². The van der Waals surface area contributed by atoms with Gasteiger partial charge in [0, 0.05) is 39.8 Å². The largest absolute Gasteiger partial charge is 0.387 e. The molecule has 3 nitrogen and oxygen atoms in total. The molecule has 1 N–H and O–H groups in total. The van der Waals surface area contributed by atoms with Crippen molar-refractivity contribution in [1.29, 1.82) is 0 Å². The van der Waals surface area contributed by atoms with Crippen molar-refractivity contribution >= 4 is 34.5 Å². The number of hydrogen-bond acceptors (Lipinski definition) is 4. The molecule has 1 unspecified atom stereocenters. The summed E-state index contributed by atoms with van der Waals surface area (Å²) in [5, 5.41) is 12.4. The van der Waals surface area contributed by atoms with E-state index in [1.807, 2.05) is 25.1 Å². The van der Waals surface area contributed by atoms with Crippen LogP contribution in [-0.2, 0) is 6.54 Å². The van der Waals surface area contributed by atoms with E-state index in [0.29, 0.717) is 22.2 Å². The highest BCUT2D eigenvalue weighted by Crippen LogP contribution is 2.27. The lowest BCUT2D eigenvalue weighted by Gasteiger charge is -2.20. The maximum atomic E-state index is 10.3. The Morgan fingerprint density at radius 2 is 2.15 bits per heavy atom. The fourth-order valence-corrected chi connectivity index (χ4v) is 3.27. The number of halogens is 2. The molecule has 0 aliphatic rings. The fraction of sp³-hybridized carbons (Fsp3) is 0.357. The van der Waals surface area contributed by atoms with E-state index in [-0.39, 0.29) is 0 Å². The molecule has 1 aromatic heterocycles. The number of thiazole rings is 1. The standard InChI is InChI=1S/C14H16Cl2N2OS/c1-9-17-6-11(20-9)7-18(2)8-14(19)12-5-10(15)3-4-13(12)16/h3-6,14,19H,7-8H2,1-2H3. The van der Waals surface area contributed by atoms with Gasteiger partial charge in [0.25, 0.3) is 0 Å². The van der Waals surface area contributed by atoms with Crippen LogP contribution in [0.3, 0.4) is 0 Å². The summed E-state index contributed by atoms with van der Waals surface area (Å²) in [7, 11) is 1.96. The van der Waals surface area contributed by atoms with Gasteiger partial charge in [0.05, 0.1) is 11.1 Å². The second kappa shape index (κ2) is 6.87. The van der Waals surface area contributed by atoms with Gasteiger partial charge in [0.1, 0.15) is 0 Å². The zero-order valence-corrected chi connectivity index (χ0v) is 13.6. The number of likely N-dealkylation sites (N-methyl/N-ethyl adjacent to an activating group) is 1. The summed E-state index contributed by atoms with van der Waals surface area (Å²) >= 11 is 13.7. The predicted octanol–water partition coefficient (Wildman–Crippen LogP) is 3.92. The second-order valence-electron chi connectivity index (χ2n) is 4.72. The molecule has 0 saturated carbocycles. The first-order valence-corrected chi connectivity index (χ1v) is 7.76. The topological polar surface area (TPSA) is 36.4 Å². The maximum absolute atomic E-state index is 10.3. The minimum absolute atomic E-state index is 0.483. The van der Waals surface area contributed by atoms with Crippen molar-refractivity contribution in [2.45, 2.75) is 19.6 Å². The molecule has 0 bridgehead atoms. The van der Waals surface area contributed by atoms with Gasteiger partial charge >= 0.3 is 0 Å². The smallest absolute Gasteiger partial charge is 0.0931 e. The van der Waals surface area contributed by atoms with Crippen LogP contribution in [0, 0.1) is 6.92 Å². The average molecular weight is 331 g/mol. The van der Waals surface area contributed by atoms with Crippen LogP contribution < -0.4 is 0 Å². The molecule has 0 aliphatic heterocycles. The van der Waals surface area contributed by atoms with Gasteiger partial charge in [0.2, 0.25) is 0 Å². The molecule has 1 aromatic carbocycles. The van der Waals surface area contributed by atoms with E-state index >= 15 is 0 Å². The third-order valence-electron chi connectivity index (χ3n) is 2.90. The highest BCUT2D eigenvalue weighted by Gasteiger charge is 2.15. The Bertz CT molecular complexity index is 588. The molecule has 20 heavy (non-hydrogen) atoms. The van der Waals surface area contributed by atoms with E-state index in [9.17, 15) is 5.11 Å². The van der Waals surface area contributed by atoms with Crippen molar-refractivity contribution in [3.8, 4) is 0 Å². The van der Waals surface area contributed by atoms with Crippen LogP contribution >= 0.6 is 34.5 Å². The summed E-state index contributed by atoms with van der Waals surface area (Å²) < 4.78 is 0. The summed E-state index contributed by atoms with van der Waals surface area (Å²) in [5.41, 5.74) is 0.659. The molecule has 0 saturated heterocycles. The maximum Gasteiger partial charge on any atom is 0.0931 e. The number of aliphatic hydroxyl groups excluding tert-OH is 1. The second-order valence-corrected chi connectivity index (χ2v) is 6.89. The van der Waals surface area contributed by atoms with Crippen LogP contribution in [-0.4, -0.2) is 28.6 Å². The fourth-order valence-electron chi connectivity index (χ4n) is 1.97. The lowest BCUT2D eigenvalue weighted by atomic mass is 10.1. The molecular weight excluding hydrogens is 315 g/mol. The van der Waals surface area contributed by atoms with Crippen molar-refractivity contribution in [2.75, 3.05) is 13.6 Å². The predicted molar refractivity (Wildman–Crippen MR) is 84.6 cm³/mol. The summed E-state index contributed by atoms with van der Waals surface area (Å²) in [5.74, 6) is 0. The van der Waals surface area contributed by atoms with Crippen molar-refractivity contribution < 1.29 is 5.11 Å². The van der Waals surface area contributed by atoms with Crippen LogP contribution in [0.15, 0.2) is 24.4 Å². The molecule has 6 heteroatoms. The van der Waals surface area contributed by atoms with Crippen molar-refractivity contribution in [3.05, 3.63) is 49.9 Å². The molecule has 0 aliphatic carbocycles. The first-order valence-electron chi connectivity index (χ1n) is 6.18. The van der Waals surface area contributed by atoms with Gasteiger partial charge in [-0.3, -0.25) is 4.90 Å². The number of aromatic nitrogens is 1. The van der Waals surface area contributed by atoms with Crippen molar-refractivity contribution in [2.24, 2.45) is 0 Å². The van der Waals surface area contributed by atoms with Gasteiger partial charge in [-0.25, -0.2) is 4.98 Å². The molecule has 2 rings (SSSR count). The minimum atomic E-state index is -0.666. The zero-order valence-electron chi connectivity index (χ0n) is 11.3. The van der Waals surface area contributed by atoms with E-state index in [0.717, 1.165) is 11.6 Å². The van der Waals surface area contributed by atoms with E-state index in [1.54, 1.807) is 29.5 Å². The molecule has 1 heterocycles. The highest BCUT2D eigenvalue weighted by atomic mass is 35.5. The van der Waals surface area contributed by atoms with E-state index in [1.165, 1.54) is 4.88 Å². The number of aryl methyl sites for hydroxylation is 1. The van der Waals surface area contributed by atoms with Crippen molar-refractivity contribution in [1.82, 2.24) is 9.88 Å².